The van der Waals surface area contributed by atoms with Crippen molar-refractivity contribution < 1.29 is 0 Å². The fourth-order valence-electron chi connectivity index (χ4n) is 3.71. The summed E-state index contributed by atoms with van der Waals surface area (Å²) < 4.78 is 0. The summed E-state index contributed by atoms with van der Waals surface area (Å²) in [6.07, 6.45) is 3.45. The molecule has 0 atom stereocenters. The third-order valence-corrected chi connectivity index (χ3v) is 5.09. The Morgan fingerprint density at radius 3 is 2.62 bits per heavy atom. The second-order valence-electron chi connectivity index (χ2n) is 6.58. The molecule has 24 heavy (non-hydrogen) atoms. The fraction of sp³-hybridized carbons (Fsp3) is 0.389. The summed E-state index contributed by atoms with van der Waals surface area (Å²) in [5.41, 5.74) is 4.71. The summed E-state index contributed by atoms with van der Waals surface area (Å²) in [5, 5.41) is 8.86. The molecule has 6 heteroatoms. The van der Waals surface area contributed by atoms with Gasteiger partial charge in [-0.15, -0.1) is 5.10 Å². The number of hydrogen-bond acceptors (Lipinski definition) is 5. The normalized spacial score (nSPS) is 17.5. The van der Waals surface area contributed by atoms with Gasteiger partial charge in [-0.3, -0.25) is 0 Å². The standard InChI is InChI=1S/C18H20N6/c1-2-6-16-15(5-1)19-18(20-16)24-10-8-23(9-11-24)17-12-13-4-3-7-14(13)21-22-17/h1-2,5-6,12H,3-4,7-11H2,(H,19,20). The molecule has 0 unspecified atom stereocenters. The van der Waals surface area contributed by atoms with Crippen LogP contribution < -0.4 is 9.80 Å². The zero-order valence-corrected chi connectivity index (χ0v) is 13.6. The van der Waals surface area contributed by atoms with Crippen LogP contribution in [0.3, 0.4) is 0 Å². The summed E-state index contributed by atoms with van der Waals surface area (Å²) in [7, 11) is 0. The number of piperazine rings is 1. The lowest BCUT2D eigenvalue weighted by Gasteiger charge is -2.35. The van der Waals surface area contributed by atoms with Gasteiger partial charge in [-0.2, -0.15) is 5.10 Å². The summed E-state index contributed by atoms with van der Waals surface area (Å²) in [6.45, 7) is 3.78. The molecule has 3 aromatic rings. The van der Waals surface area contributed by atoms with Crippen molar-refractivity contribution in [2.75, 3.05) is 36.0 Å². The molecule has 1 aliphatic heterocycles. The van der Waals surface area contributed by atoms with E-state index in [2.05, 4.69) is 37.1 Å². The molecule has 1 saturated heterocycles. The molecular formula is C18H20N6. The van der Waals surface area contributed by atoms with Crippen LogP contribution in [-0.4, -0.2) is 46.3 Å². The summed E-state index contributed by atoms with van der Waals surface area (Å²) in [4.78, 5) is 12.8. The number of anilines is 2. The van der Waals surface area contributed by atoms with Crippen LogP contribution in [0.1, 0.15) is 17.7 Å². The van der Waals surface area contributed by atoms with Gasteiger partial charge in [0, 0.05) is 26.2 Å². The first-order chi connectivity index (χ1) is 11.9. The predicted octanol–water partition coefficient (Wildman–Crippen LogP) is 2.17. The van der Waals surface area contributed by atoms with Crippen LogP contribution in [-0.2, 0) is 12.8 Å². The Balaban J connectivity index is 1.32. The lowest BCUT2D eigenvalue weighted by molar-refractivity contribution is 0.633. The van der Waals surface area contributed by atoms with Crippen LogP contribution in [0.4, 0.5) is 11.8 Å². The zero-order chi connectivity index (χ0) is 15.9. The number of aryl methyl sites for hydroxylation is 2. The maximum atomic E-state index is 4.71. The third kappa shape index (κ3) is 2.29. The average molecular weight is 320 g/mol. The van der Waals surface area contributed by atoms with Crippen LogP contribution >= 0.6 is 0 Å². The van der Waals surface area contributed by atoms with Gasteiger partial charge in [-0.05, 0) is 43.0 Å². The Hall–Kier alpha value is -2.63. The van der Waals surface area contributed by atoms with Crippen molar-refractivity contribution in [2.24, 2.45) is 0 Å². The van der Waals surface area contributed by atoms with Crippen molar-refractivity contribution in [3.63, 3.8) is 0 Å². The van der Waals surface area contributed by atoms with E-state index in [4.69, 9.17) is 4.98 Å². The molecule has 0 spiro atoms. The number of fused-ring (bicyclic) bond motifs is 2. The molecule has 0 radical (unpaired) electrons. The van der Waals surface area contributed by atoms with Crippen molar-refractivity contribution in [1.82, 2.24) is 20.2 Å². The van der Waals surface area contributed by atoms with Gasteiger partial charge in [-0.25, -0.2) is 4.98 Å². The van der Waals surface area contributed by atoms with Crippen LogP contribution in [0.5, 0.6) is 0 Å². The molecule has 0 saturated carbocycles. The van der Waals surface area contributed by atoms with E-state index in [1.54, 1.807) is 0 Å². The number of nitrogens with zero attached hydrogens (tertiary/aromatic N) is 5. The molecule has 6 nitrogen and oxygen atoms in total. The number of rotatable bonds is 2. The first kappa shape index (κ1) is 13.8. The van der Waals surface area contributed by atoms with Crippen molar-refractivity contribution in [3.05, 3.63) is 41.6 Å². The first-order valence-corrected chi connectivity index (χ1v) is 8.67. The number of benzene rings is 1. The zero-order valence-electron chi connectivity index (χ0n) is 13.6. The van der Waals surface area contributed by atoms with E-state index in [1.165, 1.54) is 17.7 Å². The predicted molar refractivity (Wildman–Crippen MR) is 94.6 cm³/mol. The number of hydrogen-bond donors (Lipinski definition) is 1. The molecule has 1 fully saturated rings. The lowest BCUT2D eigenvalue weighted by Crippen LogP contribution is -2.47. The maximum absolute atomic E-state index is 4.71. The van der Waals surface area contributed by atoms with Gasteiger partial charge in [0.25, 0.3) is 0 Å². The Morgan fingerprint density at radius 2 is 1.75 bits per heavy atom. The quantitative estimate of drug-likeness (QED) is 0.784. The highest BCUT2D eigenvalue weighted by atomic mass is 15.4. The second-order valence-corrected chi connectivity index (χ2v) is 6.58. The molecule has 2 aliphatic rings. The van der Waals surface area contributed by atoms with Gasteiger partial charge < -0.3 is 14.8 Å². The van der Waals surface area contributed by atoms with E-state index < -0.39 is 0 Å². The first-order valence-electron chi connectivity index (χ1n) is 8.67. The summed E-state index contributed by atoms with van der Waals surface area (Å²) in [6, 6.07) is 10.4. The van der Waals surface area contributed by atoms with Crippen molar-refractivity contribution >= 4 is 22.8 Å². The lowest BCUT2D eigenvalue weighted by atomic mass is 10.2. The van der Waals surface area contributed by atoms with E-state index >= 15 is 0 Å². The monoisotopic (exact) mass is 320 g/mol. The second kappa shape index (κ2) is 5.47. The highest BCUT2D eigenvalue weighted by Gasteiger charge is 2.22. The number of aromatic nitrogens is 4. The van der Waals surface area contributed by atoms with Gasteiger partial charge in [0.1, 0.15) is 0 Å². The van der Waals surface area contributed by atoms with Gasteiger partial charge in [-0.1, -0.05) is 12.1 Å². The Kier molecular flexibility index (Phi) is 3.14. The number of aromatic amines is 1. The largest absolute Gasteiger partial charge is 0.352 e. The molecule has 2 aromatic heterocycles. The number of nitrogens with one attached hydrogen (secondary N) is 1. The smallest absolute Gasteiger partial charge is 0.203 e. The van der Waals surface area contributed by atoms with Crippen LogP contribution in [0.15, 0.2) is 30.3 Å². The van der Waals surface area contributed by atoms with E-state index in [-0.39, 0.29) is 0 Å². The molecule has 0 amide bonds. The molecule has 5 rings (SSSR count). The molecule has 122 valence electrons. The van der Waals surface area contributed by atoms with Gasteiger partial charge in [0.2, 0.25) is 5.95 Å². The topological polar surface area (TPSA) is 60.9 Å². The third-order valence-electron chi connectivity index (χ3n) is 5.09. The molecule has 1 aliphatic carbocycles. The highest BCUT2D eigenvalue weighted by molar-refractivity contribution is 5.77. The van der Waals surface area contributed by atoms with Crippen LogP contribution in [0, 0.1) is 0 Å². The molecule has 1 aromatic carbocycles. The Bertz CT molecular complexity index is 845. The SMILES string of the molecule is c1ccc2[nH]c(N3CCN(c4cc5c(nn4)CCC5)CC3)nc2c1. The molecule has 0 bridgehead atoms. The Labute approximate surface area is 140 Å². The van der Waals surface area contributed by atoms with E-state index in [0.717, 1.165) is 61.8 Å². The van der Waals surface area contributed by atoms with Crippen molar-refractivity contribution in [1.29, 1.82) is 0 Å². The highest BCUT2D eigenvalue weighted by Crippen LogP contribution is 2.24. The summed E-state index contributed by atoms with van der Waals surface area (Å²) >= 11 is 0. The minimum Gasteiger partial charge on any atom is -0.352 e. The van der Waals surface area contributed by atoms with Gasteiger partial charge in [0.05, 0.1) is 16.7 Å². The van der Waals surface area contributed by atoms with Crippen LogP contribution in [0.25, 0.3) is 11.0 Å². The fourth-order valence-corrected chi connectivity index (χ4v) is 3.71. The maximum Gasteiger partial charge on any atom is 0.203 e. The number of para-hydroxylation sites is 2. The van der Waals surface area contributed by atoms with Crippen molar-refractivity contribution in [2.45, 2.75) is 19.3 Å². The minimum atomic E-state index is 0.943. The molecular weight excluding hydrogens is 300 g/mol. The van der Waals surface area contributed by atoms with E-state index in [1.807, 2.05) is 18.2 Å². The van der Waals surface area contributed by atoms with Crippen molar-refractivity contribution in [3.8, 4) is 0 Å². The Morgan fingerprint density at radius 1 is 0.917 bits per heavy atom. The van der Waals surface area contributed by atoms with E-state index in [0.29, 0.717) is 0 Å². The average Bonchev–Trinajstić information content (AvgIpc) is 3.27. The van der Waals surface area contributed by atoms with Crippen LogP contribution in [0.2, 0.25) is 0 Å². The molecule has 1 N–H and O–H groups in total. The van der Waals surface area contributed by atoms with E-state index in [9.17, 15) is 0 Å². The minimum absolute atomic E-state index is 0.943. The summed E-state index contributed by atoms with van der Waals surface area (Å²) in [5.74, 6) is 2.00. The molecule has 3 heterocycles. The van der Waals surface area contributed by atoms with Gasteiger partial charge >= 0.3 is 0 Å². The van der Waals surface area contributed by atoms with Gasteiger partial charge in [0.15, 0.2) is 5.82 Å². The number of imidazole rings is 1. The number of H-pyrrole nitrogens is 1.